The van der Waals surface area contributed by atoms with Gasteiger partial charge in [0.25, 0.3) is 0 Å². The molecule has 2 rings (SSSR count). The van der Waals surface area contributed by atoms with Gasteiger partial charge in [0.1, 0.15) is 11.5 Å². The van der Waals surface area contributed by atoms with E-state index in [4.69, 9.17) is 9.15 Å². The van der Waals surface area contributed by atoms with Crippen LogP contribution in [0.4, 0.5) is 0 Å². The van der Waals surface area contributed by atoms with Crippen LogP contribution in [0.3, 0.4) is 0 Å². The number of ether oxygens (including phenoxy) is 1. The van der Waals surface area contributed by atoms with Crippen molar-refractivity contribution in [2.24, 2.45) is 0 Å². The quantitative estimate of drug-likeness (QED) is 0.815. The van der Waals surface area contributed by atoms with Crippen molar-refractivity contribution in [2.45, 2.75) is 19.1 Å². The average Bonchev–Trinajstić information content (AvgIpc) is 2.95. The van der Waals surface area contributed by atoms with Gasteiger partial charge < -0.3 is 19.8 Å². The number of rotatable bonds is 4. The summed E-state index contributed by atoms with van der Waals surface area (Å²) >= 11 is 0. The number of hydrogen-bond donors (Lipinski definition) is 2. The van der Waals surface area contributed by atoms with Crippen molar-refractivity contribution in [1.29, 1.82) is 0 Å². The number of amides is 1. The number of aryl methyl sites for hydroxylation is 1. The van der Waals surface area contributed by atoms with Gasteiger partial charge in [-0.15, -0.1) is 12.4 Å². The van der Waals surface area contributed by atoms with E-state index in [1.807, 2.05) is 19.1 Å². The Kier molecular flexibility index (Phi) is 6.08. The lowest BCUT2D eigenvalue weighted by molar-refractivity contribution is -0.117. The third-order valence-electron chi connectivity index (χ3n) is 2.95. The molecular weight excluding hydrogens is 268 g/mol. The highest BCUT2D eigenvalue weighted by Crippen LogP contribution is 2.08. The minimum Gasteiger partial charge on any atom is -0.462 e. The van der Waals surface area contributed by atoms with Crippen molar-refractivity contribution in [3.05, 3.63) is 29.7 Å². The molecule has 106 valence electrons. The molecule has 1 amide bonds. The number of carbonyl (C=O) groups excluding carboxylic acids is 1. The molecule has 0 radical (unpaired) electrons. The Balaban J connectivity index is 0.00000180. The number of furan rings is 1. The molecule has 0 saturated carbocycles. The monoisotopic (exact) mass is 286 g/mol. The first-order valence-electron chi connectivity index (χ1n) is 5.97. The fraction of sp³-hybridized carbons (Fsp3) is 0.462. The van der Waals surface area contributed by atoms with E-state index < -0.39 is 0 Å². The molecule has 5 nitrogen and oxygen atoms in total. The molecule has 19 heavy (non-hydrogen) atoms. The molecular formula is C13H19ClN2O3. The van der Waals surface area contributed by atoms with E-state index in [0.29, 0.717) is 5.76 Å². The highest BCUT2D eigenvalue weighted by molar-refractivity contribution is 5.91. The van der Waals surface area contributed by atoms with Gasteiger partial charge in [-0.2, -0.15) is 0 Å². The van der Waals surface area contributed by atoms with Crippen molar-refractivity contribution < 1.29 is 13.9 Å². The van der Waals surface area contributed by atoms with Crippen molar-refractivity contribution >= 4 is 24.4 Å². The van der Waals surface area contributed by atoms with Crippen LogP contribution < -0.4 is 10.6 Å². The zero-order valence-electron chi connectivity index (χ0n) is 11.0. The van der Waals surface area contributed by atoms with Gasteiger partial charge in [0.2, 0.25) is 5.91 Å². The fourth-order valence-electron chi connectivity index (χ4n) is 1.98. The summed E-state index contributed by atoms with van der Waals surface area (Å²) in [5, 5.41) is 6.08. The number of hydrogen-bond acceptors (Lipinski definition) is 4. The second kappa shape index (κ2) is 7.33. The van der Waals surface area contributed by atoms with Crippen LogP contribution >= 0.6 is 12.4 Å². The van der Waals surface area contributed by atoms with Crippen LogP contribution in [0.5, 0.6) is 0 Å². The summed E-state index contributed by atoms with van der Waals surface area (Å²) in [6, 6.07) is 3.71. The van der Waals surface area contributed by atoms with Crippen LogP contribution in [0.1, 0.15) is 11.5 Å². The molecule has 0 aromatic carbocycles. The van der Waals surface area contributed by atoms with Gasteiger partial charge >= 0.3 is 0 Å². The summed E-state index contributed by atoms with van der Waals surface area (Å²) in [6.07, 6.45) is 3.17. The largest absolute Gasteiger partial charge is 0.462 e. The maximum Gasteiger partial charge on any atom is 0.244 e. The Labute approximate surface area is 118 Å². The summed E-state index contributed by atoms with van der Waals surface area (Å²) in [5.74, 6) is 1.37. The third-order valence-corrected chi connectivity index (χ3v) is 2.95. The Morgan fingerprint density at radius 3 is 2.95 bits per heavy atom. The van der Waals surface area contributed by atoms with E-state index in [1.165, 1.54) is 6.08 Å². The van der Waals surface area contributed by atoms with Gasteiger partial charge in [-0.25, -0.2) is 0 Å². The molecule has 1 aliphatic heterocycles. The topological polar surface area (TPSA) is 63.5 Å². The number of halogens is 1. The average molecular weight is 287 g/mol. The Morgan fingerprint density at radius 1 is 1.53 bits per heavy atom. The Hall–Kier alpha value is -1.30. The summed E-state index contributed by atoms with van der Waals surface area (Å²) in [5.41, 5.74) is 0. The zero-order chi connectivity index (χ0) is 13.0. The molecule has 0 spiro atoms. The summed E-state index contributed by atoms with van der Waals surface area (Å²) in [7, 11) is 1.65. The van der Waals surface area contributed by atoms with E-state index in [-0.39, 0.29) is 30.5 Å². The number of nitrogens with one attached hydrogen (secondary N) is 2. The van der Waals surface area contributed by atoms with Gasteiger partial charge in [-0.05, 0) is 25.1 Å². The lowest BCUT2D eigenvalue weighted by atomic mass is 10.2. The molecule has 1 aromatic heterocycles. The Morgan fingerprint density at radius 2 is 2.32 bits per heavy atom. The van der Waals surface area contributed by atoms with E-state index >= 15 is 0 Å². The third kappa shape index (κ3) is 4.38. The molecule has 2 heterocycles. The van der Waals surface area contributed by atoms with E-state index in [9.17, 15) is 4.79 Å². The number of carbonyl (C=O) groups is 1. The SMILES string of the molecule is COC1CNCC1NC(=O)/C=C/c1ccc(C)o1.Cl. The van der Waals surface area contributed by atoms with Gasteiger partial charge in [0.05, 0.1) is 12.1 Å². The molecule has 2 atom stereocenters. The standard InChI is InChI=1S/C13H18N2O3.ClH/c1-9-3-4-10(18-9)5-6-13(16)15-11-7-14-8-12(11)17-2;/h3-6,11-12,14H,7-8H2,1-2H3,(H,15,16);1H/b6-5+;. The molecule has 0 bridgehead atoms. The zero-order valence-corrected chi connectivity index (χ0v) is 11.8. The van der Waals surface area contributed by atoms with Crippen LogP contribution in [0, 0.1) is 6.92 Å². The second-order valence-electron chi connectivity index (χ2n) is 4.33. The molecule has 1 saturated heterocycles. The van der Waals surface area contributed by atoms with Crippen LogP contribution in [-0.4, -0.2) is 38.3 Å². The predicted molar refractivity (Wildman–Crippen MR) is 75.3 cm³/mol. The first-order chi connectivity index (χ1) is 8.69. The first-order valence-corrected chi connectivity index (χ1v) is 5.97. The van der Waals surface area contributed by atoms with Crippen LogP contribution in [0.15, 0.2) is 22.6 Å². The fourth-order valence-corrected chi connectivity index (χ4v) is 1.98. The first kappa shape index (κ1) is 15.8. The minimum absolute atomic E-state index is 0. The summed E-state index contributed by atoms with van der Waals surface area (Å²) in [4.78, 5) is 11.7. The molecule has 0 aliphatic carbocycles. The maximum atomic E-state index is 11.7. The predicted octanol–water partition coefficient (Wildman–Crippen LogP) is 1.13. The molecule has 6 heteroatoms. The summed E-state index contributed by atoms with van der Waals surface area (Å²) < 4.78 is 10.6. The van der Waals surface area contributed by atoms with E-state index in [1.54, 1.807) is 13.2 Å². The van der Waals surface area contributed by atoms with E-state index in [0.717, 1.165) is 18.8 Å². The normalized spacial score (nSPS) is 22.4. The van der Waals surface area contributed by atoms with E-state index in [2.05, 4.69) is 10.6 Å². The lowest BCUT2D eigenvalue weighted by Crippen LogP contribution is -2.42. The number of methoxy groups -OCH3 is 1. The molecule has 1 aromatic rings. The smallest absolute Gasteiger partial charge is 0.244 e. The lowest BCUT2D eigenvalue weighted by Gasteiger charge is -2.17. The van der Waals surface area contributed by atoms with Crippen LogP contribution in [0.25, 0.3) is 6.08 Å². The highest BCUT2D eigenvalue weighted by Gasteiger charge is 2.27. The van der Waals surface area contributed by atoms with Gasteiger partial charge in [0, 0.05) is 26.3 Å². The van der Waals surface area contributed by atoms with Crippen LogP contribution in [0.2, 0.25) is 0 Å². The van der Waals surface area contributed by atoms with Gasteiger partial charge in [-0.3, -0.25) is 4.79 Å². The Bertz CT molecular complexity index is 445. The molecule has 1 aliphatic rings. The van der Waals surface area contributed by atoms with Crippen molar-refractivity contribution in [1.82, 2.24) is 10.6 Å². The van der Waals surface area contributed by atoms with Gasteiger partial charge in [-0.1, -0.05) is 0 Å². The molecule has 2 N–H and O–H groups in total. The maximum absolute atomic E-state index is 11.7. The second-order valence-corrected chi connectivity index (χ2v) is 4.33. The molecule has 1 fully saturated rings. The van der Waals surface area contributed by atoms with Gasteiger partial charge in [0.15, 0.2) is 0 Å². The highest BCUT2D eigenvalue weighted by atomic mass is 35.5. The summed E-state index contributed by atoms with van der Waals surface area (Å²) in [6.45, 7) is 3.37. The van der Waals surface area contributed by atoms with Crippen molar-refractivity contribution in [2.75, 3.05) is 20.2 Å². The minimum atomic E-state index is -0.139. The molecule has 2 unspecified atom stereocenters. The van der Waals surface area contributed by atoms with Crippen LogP contribution in [-0.2, 0) is 9.53 Å². The van der Waals surface area contributed by atoms with Crippen molar-refractivity contribution in [3.63, 3.8) is 0 Å². The van der Waals surface area contributed by atoms with Crippen molar-refractivity contribution in [3.8, 4) is 0 Å².